The van der Waals surface area contributed by atoms with Crippen molar-refractivity contribution in [2.75, 3.05) is 7.11 Å². The van der Waals surface area contributed by atoms with Gasteiger partial charge in [-0.3, -0.25) is 0 Å². The molecule has 0 amide bonds. The zero-order valence-electron chi connectivity index (χ0n) is 16.0. The second-order valence-electron chi connectivity index (χ2n) is 7.17. The van der Waals surface area contributed by atoms with Gasteiger partial charge in [0.15, 0.2) is 0 Å². The molecule has 0 N–H and O–H groups in total. The molecule has 30 heavy (non-hydrogen) atoms. The summed E-state index contributed by atoms with van der Waals surface area (Å²) in [6, 6.07) is 19.0. The van der Waals surface area contributed by atoms with Gasteiger partial charge >= 0.3 is 0 Å². The lowest BCUT2D eigenvalue weighted by molar-refractivity contribution is -0.0188. The first-order valence-electron chi connectivity index (χ1n) is 9.45. The van der Waals surface area contributed by atoms with Crippen LogP contribution in [0.2, 0.25) is 15.1 Å². The third kappa shape index (κ3) is 3.29. The van der Waals surface area contributed by atoms with Gasteiger partial charge in [0.05, 0.1) is 23.9 Å². The van der Waals surface area contributed by atoms with Crippen LogP contribution in [0.4, 0.5) is 0 Å². The van der Waals surface area contributed by atoms with E-state index in [2.05, 4.69) is 0 Å². The number of halogens is 3. The highest BCUT2D eigenvalue weighted by molar-refractivity contribution is 6.35. The Kier molecular flexibility index (Phi) is 5.02. The Morgan fingerprint density at radius 1 is 0.967 bits per heavy atom. The molecule has 152 valence electrons. The summed E-state index contributed by atoms with van der Waals surface area (Å²) < 4.78 is 11.6. The normalized spacial score (nSPS) is 19.6. The zero-order valence-corrected chi connectivity index (χ0v) is 18.2. The Morgan fingerprint density at radius 3 is 2.47 bits per heavy atom. The van der Waals surface area contributed by atoms with Crippen LogP contribution in [0.15, 0.2) is 65.8 Å². The first-order valence-corrected chi connectivity index (χ1v) is 10.6. The molecule has 5 rings (SSSR count). The van der Waals surface area contributed by atoms with Crippen LogP contribution in [-0.2, 0) is 0 Å². The molecule has 0 saturated heterocycles. The van der Waals surface area contributed by atoms with Crippen molar-refractivity contribution in [1.82, 2.24) is 5.01 Å². The number of methoxy groups -OCH3 is 1. The van der Waals surface area contributed by atoms with Crippen LogP contribution < -0.4 is 9.47 Å². The van der Waals surface area contributed by atoms with Crippen molar-refractivity contribution in [3.05, 3.63) is 92.4 Å². The van der Waals surface area contributed by atoms with E-state index >= 15 is 0 Å². The number of hydrazone groups is 1. The van der Waals surface area contributed by atoms with Crippen molar-refractivity contribution in [2.24, 2.45) is 5.10 Å². The van der Waals surface area contributed by atoms with E-state index < -0.39 is 6.23 Å². The van der Waals surface area contributed by atoms with E-state index in [0.717, 1.165) is 28.2 Å². The first-order chi connectivity index (χ1) is 14.5. The summed E-state index contributed by atoms with van der Waals surface area (Å²) in [5.74, 6) is 1.43. The minimum absolute atomic E-state index is 0.0664. The Hall–Kier alpha value is -2.40. The van der Waals surface area contributed by atoms with Crippen LogP contribution in [0.3, 0.4) is 0 Å². The van der Waals surface area contributed by atoms with Gasteiger partial charge < -0.3 is 9.47 Å². The minimum atomic E-state index is -0.495. The maximum atomic E-state index is 6.50. The van der Waals surface area contributed by atoms with Gasteiger partial charge in [-0.15, -0.1) is 0 Å². The number of hydrogen-bond acceptors (Lipinski definition) is 4. The monoisotopic (exact) mass is 458 g/mol. The number of benzene rings is 3. The number of hydrogen-bond donors (Lipinski definition) is 0. The summed E-state index contributed by atoms with van der Waals surface area (Å²) in [7, 11) is 1.65. The van der Waals surface area contributed by atoms with Gasteiger partial charge in [0.1, 0.15) is 11.5 Å². The van der Waals surface area contributed by atoms with Crippen LogP contribution in [0.5, 0.6) is 11.5 Å². The molecule has 0 aliphatic carbocycles. The number of ether oxygens (including phenoxy) is 2. The lowest BCUT2D eigenvalue weighted by atomic mass is 9.96. The molecule has 7 heteroatoms. The molecular weight excluding hydrogens is 443 g/mol. The molecule has 0 spiro atoms. The van der Waals surface area contributed by atoms with Crippen LogP contribution in [0.25, 0.3) is 0 Å². The fraction of sp³-hybridized carbons (Fsp3) is 0.174. The standard InChI is InChI=1S/C23H17Cl3N2O2/c1-29-15-8-6-13(7-9-15)20-12-21-17-10-14(24)11-19(26)22(17)30-23(28(21)27-20)16-4-2-3-5-18(16)25/h2-11,21,23H,12H2,1H3/t21-,23+/m0/s1. The summed E-state index contributed by atoms with van der Waals surface area (Å²) in [5.41, 5.74) is 3.73. The molecule has 2 aliphatic heterocycles. The van der Waals surface area contributed by atoms with Gasteiger partial charge in [0.25, 0.3) is 0 Å². The van der Waals surface area contributed by atoms with Crippen LogP contribution in [-0.4, -0.2) is 17.8 Å². The Balaban J connectivity index is 1.62. The summed E-state index contributed by atoms with van der Waals surface area (Å²) in [5, 5.41) is 8.55. The summed E-state index contributed by atoms with van der Waals surface area (Å²) in [4.78, 5) is 0. The first kappa shape index (κ1) is 19.6. The lowest BCUT2D eigenvalue weighted by Crippen LogP contribution is -2.34. The van der Waals surface area contributed by atoms with Crippen LogP contribution in [0.1, 0.15) is 35.4 Å². The van der Waals surface area contributed by atoms with E-state index in [1.807, 2.05) is 59.6 Å². The maximum Gasteiger partial charge on any atom is 0.215 e. The highest BCUT2D eigenvalue weighted by Gasteiger charge is 2.42. The topological polar surface area (TPSA) is 34.1 Å². The van der Waals surface area contributed by atoms with Crippen molar-refractivity contribution in [1.29, 1.82) is 0 Å². The van der Waals surface area contributed by atoms with Gasteiger partial charge in [0.2, 0.25) is 6.23 Å². The lowest BCUT2D eigenvalue weighted by Gasteiger charge is -2.38. The summed E-state index contributed by atoms with van der Waals surface area (Å²) in [6.45, 7) is 0. The zero-order chi connectivity index (χ0) is 20.8. The highest BCUT2D eigenvalue weighted by Crippen LogP contribution is 2.51. The molecule has 0 aromatic heterocycles. The summed E-state index contributed by atoms with van der Waals surface area (Å²) in [6.07, 6.45) is 0.200. The third-order valence-corrected chi connectivity index (χ3v) is 6.25. The average Bonchev–Trinajstić information content (AvgIpc) is 3.20. The van der Waals surface area contributed by atoms with Gasteiger partial charge in [0, 0.05) is 27.6 Å². The predicted molar refractivity (Wildman–Crippen MR) is 120 cm³/mol. The van der Waals surface area contributed by atoms with Crippen molar-refractivity contribution in [2.45, 2.75) is 18.7 Å². The third-order valence-electron chi connectivity index (χ3n) is 5.40. The number of fused-ring (bicyclic) bond motifs is 3. The molecule has 3 aromatic carbocycles. The molecule has 0 saturated carbocycles. The SMILES string of the molecule is COc1ccc(C2=NN3[C@@H](c4ccccc4Cl)Oc4c(Cl)cc(Cl)cc4[C@@H]3C2)cc1. The molecule has 0 bridgehead atoms. The maximum absolute atomic E-state index is 6.50. The number of rotatable bonds is 3. The van der Waals surface area contributed by atoms with E-state index in [1.54, 1.807) is 13.2 Å². The molecule has 0 radical (unpaired) electrons. The van der Waals surface area contributed by atoms with Gasteiger partial charge in [-0.25, -0.2) is 5.01 Å². The highest BCUT2D eigenvalue weighted by atomic mass is 35.5. The fourth-order valence-electron chi connectivity index (χ4n) is 3.95. The molecule has 2 aliphatic rings. The van der Waals surface area contributed by atoms with Crippen LogP contribution >= 0.6 is 34.8 Å². The average molecular weight is 460 g/mol. The molecular formula is C23H17Cl3N2O2. The fourth-order valence-corrected chi connectivity index (χ4v) is 4.74. The van der Waals surface area contributed by atoms with E-state index in [9.17, 15) is 0 Å². The minimum Gasteiger partial charge on any atom is -0.497 e. The van der Waals surface area contributed by atoms with Crippen molar-refractivity contribution >= 4 is 40.5 Å². The van der Waals surface area contributed by atoms with E-state index in [0.29, 0.717) is 27.2 Å². The Morgan fingerprint density at radius 2 is 1.73 bits per heavy atom. The largest absolute Gasteiger partial charge is 0.497 e. The van der Waals surface area contributed by atoms with Crippen molar-refractivity contribution in [3.8, 4) is 11.5 Å². The van der Waals surface area contributed by atoms with Gasteiger partial charge in [-0.1, -0.05) is 53.0 Å². The molecule has 0 unspecified atom stereocenters. The van der Waals surface area contributed by atoms with Gasteiger partial charge in [-0.2, -0.15) is 5.10 Å². The summed E-state index contributed by atoms with van der Waals surface area (Å²) >= 11 is 19.3. The van der Waals surface area contributed by atoms with E-state index in [4.69, 9.17) is 49.4 Å². The second-order valence-corrected chi connectivity index (χ2v) is 8.42. The van der Waals surface area contributed by atoms with Crippen molar-refractivity contribution in [3.63, 3.8) is 0 Å². The predicted octanol–water partition coefficient (Wildman–Crippen LogP) is 6.90. The second kappa shape index (κ2) is 7.69. The number of nitrogens with zero attached hydrogens (tertiary/aromatic N) is 2. The molecule has 3 aromatic rings. The van der Waals surface area contributed by atoms with E-state index in [-0.39, 0.29) is 6.04 Å². The molecule has 4 nitrogen and oxygen atoms in total. The Bertz CT molecular complexity index is 1150. The molecule has 0 fully saturated rings. The van der Waals surface area contributed by atoms with Crippen LogP contribution in [0, 0.1) is 0 Å². The Labute approximate surface area is 189 Å². The smallest absolute Gasteiger partial charge is 0.215 e. The molecule has 2 atom stereocenters. The quantitative estimate of drug-likeness (QED) is 0.427. The van der Waals surface area contributed by atoms with E-state index in [1.165, 1.54) is 0 Å². The van der Waals surface area contributed by atoms with Gasteiger partial charge in [-0.05, 0) is 48.0 Å². The molecule has 2 heterocycles. The van der Waals surface area contributed by atoms with Crippen molar-refractivity contribution < 1.29 is 9.47 Å².